The molecular formula is C17H25NO5. The van der Waals surface area contributed by atoms with Gasteiger partial charge in [0.1, 0.15) is 11.5 Å². The Morgan fingerprint density at radius 1 is 1.30 bits per heavy atom. The van der Waals surface area contributed by atoms with Gasteiger partial charge in [-0.3, -0.25) is 9.59 Å². The molecule has 1 aromatic rings. The number of nitrogens with one attached hydrogen (secondary N) is 1. The van der Waals surface area contributed by atoms with Gasteiger partial charge in [0.2, 0.25) is 0 Å². The average molecular weight is 323 g/mol. The van der Waals surface area contributed by atoms with E-state index in [1.54, 1.807) is 18.2 Å². The molecule has 1 aromatic carbocycles. The number of ether oxygens (including phenoxy) is 2. The molecule has 0 aliphatic heterocycles. The van der Waals surface area contributed by atoms with Gasteiger partial charge in [-0.15, -0.1) is 0 Å². The number of benzene rings is 1. The second kappa shape index (κ2) is 9.02. The Kier molecular flexibility index (Phi) is 7.38. The minimum absolute atomic E-state index is 0.0924. The highest BCUT2D eigenvalue weighted by Crippen LogP contribution is 2.26. The zero-order valence-corrected chi connectivity index (χ0v) is 14.1. The fourth-order valence-electron chi connectivity index (χ4n) is 2.14. The lowest BCUT2D eigenvalue weighted by Gasteiger charge is -2.16. The lowest BCUT2D eigenvalue weighted by molar-refractivity contribution is -0.141. The van der Waals surface area contributed by atoms with Crippen LogP contribution in [0.25, 0.3) is 0 Å². The number of aliphatic carboxylic acids is 1. The number of hydrogen-bond donors (Lipinski definition) is 2. The van der Waals surface area contributed by atoms with Gasteiger partial charge in [-0.1, -0.05) is 13.3 Å². The number of carbonyl (C=O) groups excluding carboxylic acids is 1. The Balaban J connectivity index is 2.87. The topological polar surface area (TPSA) is 84.9 Å². The van der Waals surface area contributed by atoms with Gasteiger partial charge in [-0.2, -0.15) is 0 Å². The summed E-state index contributed by atoms with van der Waals surface area (Å²) in [6.45, 7) is 5.73. The molecule has 0 bridgehead atoms. The van der Waals surface area contributed by atoms with Crippen LogP contribution in [0, 0.1) is 5.92 Å². The van der Waals surface area contributed by atoms with E-state index in [9.17, 15) is 9.59 Å². The molecular weight excluding hydrogens is 298 g/mol. The molecule has 0 heterocycles. The van der Waals surface area contributed by atoms with Crippen molar-refractivity contribution in [2.24, 2.45) is 5.92 Å². The lowest BCUT2D eigenvalue weighted by atomic mass is 10.0. The first kappa shape index (κ1) is 18.8. The van der Waals surface area contributed by atoms with Crippen molar-refractivity contribution in [3.63, 3.8) is 0 Å². The summed E-state index contributed by atoms with van der Waals surface area (Å²) in [6, 6.07) is 4.93. The number of carbonyl (C=O) groups is 2. The van der Waals surface area contributed by atoms with Crippen LogP contribution in [0.1, 0.15) is 44.0 Å². The van der Waals surface area contributed by atoms with Crippen molar-refractivity contribution in [1.82, 2.24) is 5.32 Å². The number of methoxy groups -OCH3 is 1. The molecule has 0 fully saturated rings. The summed E-state index contributed by atoms with van der Waals surface area (Å²) >= 11 is 0. The number of carboxylic acid groups (broad SMARTS) is 1. The molecule has 1 amide bonds. The maximum absolute atomic E-state index is 12.4. The van der Waals surface area contributed by atoms with Gasteiger partial charge in [-0.25, -0.2) is 0 Å². The van der Waals surface area contributed by atoms with Crippen molar-refractivity contribution < 1.29 is 24.2 Å². The van der Waals surface area contributed by atoms with Crippen molar-refractivity contribution >= 4 is 11.9 Å². The molecule has 0 spiro atoms. The largest absolute Gasteiger partial charge is 0.497 e. The second-order valence-corrected chi connectivity index (χ2v) is 5.56. The highest BCUT2D eigenvalue weighted by Gasteiger charge is 2.20. The number of amides is 1. The molecule has 0 saturated heterocycles. The van der Waals surface area contributed by atoms with Crippen LogP contribution in [0.3, 0.4) is 0 Å². The van der Waals surface area contributed by atoms with Crippen molar-refractivity contribution in [2.45, 2.75) is 39.7 Å². The molecule has 0 saturated carbocycles. The first-order chi connectivity index (χ1) is 10.9. The molecule has 23 heavy (non-hydrogen) atoms. The third-order valence-electron chi connectivity index (χ3n) is 3.29. The maximum atomic E-state index is 12.4. The summed E-state index contributed by atoms with van der Waals surface area (Å²) in [6.07, 6.45) is 1.17. The lowest BCUT2D eigenvalue weighted by Crippen LogP contribution is -2.33. The molecule has 1 unspecified atom stereocenters. The van der Waals surface area contributed by atoms with Crippen molar-refractivity contribution in [3.8, 4) is 11.5 Å². The quantitative estimate of drug-likeness (QED) is 0.730. The molecule has 2 N–H and O–H groups in total. The van der Waals surface area contributed by atoms with E-state index in [4.69, 9.17) is 14.6 Å². The van der Waals surface area contributed by atoms with Gasteiger partial charge in [-0.05, 0) is 32.4 Å². The monoisotopic (exact) mass is 323 g/mol. The van der Waals surface area contributed by atoms with Gasteiger partial charge in [0.05, 0.1) is 24.7 Å². The highest BCUT2D eigenvalue weighted by atomic mass is 16.5. The smallest absolute Gasteiger partial charge is 0.308 e. The summed E-state index contributed by atoms with van der Waals surface area (Å²) in [5.74, 6) is -0.839. The van der Waals surface area contributed by atoms with Gasteiger partial charge >= 0.3 is 5.97 Å². The van der Waals surface area contributed by atoms with E-state index in [0.717, 1.165) is 6.42 Å². The van der Waals surface area contributed by atoms with Crippen LogP contribution in [0.15, 0.2) is 18.2 Å². The summed E-state index contributed by atoms with van der Waals surface area (Å²) in [4.78, 5) is 23.5. The molecule has 0 aromatic heterocycles. The third kappa shape index (κ3) is 5.81. The Morgan fingerprint density at radius 2 is 2.00 bits per heavy atom. The molecule has 128 valence electrons. The van der Waals surface area contributed by atoms with E-state index < -0.39 is 11.9 Å². The fourth-order valence-corrected chi connectivity index (χ4v) is 2.14. The van der Waals surface area contributed by atoms with E-state index in [1.165, 1.54) is 7.11 Å². The third-order valence-corrected chi connectivity index (χ3v) is 3.29. The van der Waals surface area contributed by atoms with E-state index in [2.05, 4.69) is 5.32 Å². The average Bonchev–Trinajstić information content (AvgIpc) is 2.50. The molecule has 6 heteroatoms. The number of rotatable bonds is 9. The Labute approximate surface area is 136 Å². The molecule has 0 aliphatic rings. The summed E-state index contributed by atoms with van der Waals surface area (Å²) < 4.78 is 10.8. The molecule has 1 rings (SSSR count). The van der Waals surface area contributed by atoms with E-state index in [-0.39, 0.29) is 18.6 Å². The van der Waals surface area contributed by atoms with Gasteiger partial charge in [0.25, 0.3) is 5.91 Å². The van der Waals surface area contributed by atoms with Gasteiger partial charge < -0.3 is 19.9 Å². The van der Waals surface area contributed by atoms with E-state index in [0.29, 0.717) is 23.5 Å². The van der Waals surface area contributed by atoms with Crippen LogP contribution in [0.5, 0.6) is 11.5 Å². The molecule has 0 radical (unpaired) electrons. The SMILES string of the molecule is CCCC(CNC(=O)c1ccc(OC)cc1OC(C)C)C(=O)O. The highest BCUT2D eigenvalue weighted by molar-refractivity contribution is 5.97. The van der Waals surface area contributed by atoms with Gasteiger partial charge in [0.15, 0.2) is 0 Å². The predicted octanol–water partition coefficient (Wildman–Crippen LogP) is 2.71. The van der Waals surface area contributed by atoms with Crippen LogP contribution in [-0.4, -0.2) is 36.7 Å². The zero-order valence-electron chi connectivity index (χ0n) is 14.1. The zero-order chi connectivity index (χ0) is 17.4. The molecule has 0 aliphatic carbocycles. The number of carboxylic acids is 1. The predicted molar refractivity (Wildman–Crippen MR) is 87.1 cm³/mol. The van der Waals surface area contributed by atoms with Crippen molar-refractivity contribution in [1.29, 1.82) is 0 Å². The second-order valence-electron chi connectivity index (χ2n) is 5.56. The van der Waals surface area contributed by atoms with Gasteiger partial charge in [0, 0.05) is 12.6 Å². The Morgan fingerprint density at radius 3 is 2.52 bits per heavy atom. The summed E-state index contributed by atoms with van der Waals surface area (Å²) in [7, 11) is 1.54. The van der Waals surface area contributed by atoms with Crippen LogP contribution in [0.2, 0.25) is 0 Å². The Bertz CT molecular complexity index is 542. The number of hydrogen-bond acceptors (Lipinski definition) is 4. The molecule has 1 atom stereocenters. The summed E-state index contributed by atoms with van der Waals surface area (Å²) in [5.41, 5.74) is 0.361. The van der Waals surface area contributed by atoms with Crippen LogP contribution in [0.4, 0.5) is 0 Å². The van der Waals surface area contributed by atoms with E-state index in [1.807, 2.05) is 20.8 Å². The minimum atomic E-state index is -0.902. The van der Waals surface area contributed by atoms with Crippen molar-refractivity contribution in [2.75, 3.05) is 13.7 Å². The van der Waals surface area contributed by atoms with Crippen LogP contribution >= 0.6 is 0 Å². The first-order valence-electron chi connectivity index (χ1n) is 7.74. The maximum Gasteiger partial charge on any atom is 0.308 e. The standard InChI is InChI=1S/C17H25NO5/c1-5-6-12(17(20)21)10-18-16(19)14-8-7-13(22-4)9-15(14)23-11(2)3/h7-9,11-12H,5-6,10H2,1-4H3,(H,18,19)(H,20,21). The normalized spacial score (nSPS) is 11.9. The fraction of sp³-hybridized carbons (Fsp3) is 0.529. The van der Waals surface area contributed by atoms with Crippen molar-refractivity contribution in [3.05, 3.63) is 23.8 Å². The minimum Gasteiger partial charge on any atom is -0.497 e. The molecule has 6 nitrogen and oxygen atoms in total. The van der Waals surface area contributed by atoms with Crippen LogP contribution in [-0.2, 0) is 4.79 Å². The van der Waals surface area contributed by atoms with E-state index >= 15 is 0 Å². The summed E-state index contributed by atoms with van der Waals surface area (Å²) in [5, 5.41) is 11.8. The first-order valence-corrected chi connectivity index (χ1v) is 7.74. The Hall–Kier alpha value is -2.24. The van der Waals surface area contributed by atoms with Crippen LogP contribution < -0.4 is 14.8 Å².